The van der Waals surface area contributed by atoms with E-state index in [9.17, 15) is 4.79 Å². The van der Waals surface area contributed by atoms with Gasteiger partial charge < -0.3 is 9.47 Å². The van der Waals surface area contributed by atoms with Gasteiger partial charge in [0.15, 0.2) is 0 Å². The third-order valence-corrected chi connectivity index (χ3v) is 1.49. The molecule has 0 atom stereocenters. The number of hydrogen-bond donors (Lipinski definition) is 1. The molecule has 0 aromatic carbocycles. The molecule has 1 amide bonds. The summed E-state index contributed by atoms with van der Waals surface area (Å²) in [5, 5.41) is 1.01. The molecule has 0 bridgehead atoms. The van der Waals surface area contributed by atoms with Gasteiger partial charge in [-0.3, -0.25) is 0 Å². The van der Waals surface area contributed by atoms with Crippen molar-refractivity contribution in [3.05, 3.63) is 0 Å². The smallest absolute Gasteiger partial charge is 0.424 e. The van der Waals surface area contributed by atoms with Crippen molar-refractivity contribution in [3.8, 4) is 0 Å². The summed E-state index contributed by atoms with van der Waals surface area (Å²) >= 11 is 0. The lowest BCUT2D eigenvalue weighted by atomic mass is 10.4. The first-order chi connectivity index (χ1) is 6.22. The molecule has 0 aromatic heterocycles. The summed E-state index contributed by atoms with van der Waals surface area (Å²) in [6, 6.07) is 0. The molecule has 0 aliphatic heterocycles. The molecule has 0 aromatic rings. The third-order valence-electron chi connectivity index (χ3n) is 1.49. The van der Waals surface area contributed by atoms with E-state index in [1.165, 1.54) is 0 Å². The number of carbonyl (C=O) groups excluding carboxylic acids is 1. The summed E-state index contributed by atoms with van der Waals surface area (Å²) in [7, 11) is 1.55. The van der Waals surface area contributed by atoms with E-state index in [4.69, 9.17) is 15.3 Å². The molecule has 2 N–H and O–H groups in total. The Balaban J connectivity index is 3.45. The highest BCUT2D eigenvalue weighted by molar-refractivity contribution is 5.66. The Bertz CT molecular complexity index is 141. The quantitative estimate of drug-likeness (QED) is 0.290. The molecule has 0 rings (SSSR count). The highest BCUT2D eigenvalue weighted by Gasteiger charge is 2.08. The third kappa shape index (κ3) is 6.36. The van der Waals surface area contributed by atoms with Gasteiger partial charge >= 0.3 is 6.09 Å². The Morgan fingerprint density at radius 2 is 2.15 bits per heavy atom. The monoisotopic (exact) mass is 190 g/mol. The normalized spacial score (nSPS) is 9.77. The summed E-state index contributed by atoms with van der Waals surface area (Å²) < 4.78 is 9.61. The van der Waals surface area contributed by atoms with Gasteiger partial charge in [-0.2, -0.15) is 0 Å². The number of rotatable bonds is 6. The number of methoxy groups -OCH3 is 1. The SMILES string of the molecule is CCCCOC(=O)N(N)CCOC. The van der Waals surface area contributed by atoms with Crippen LogP contribution >= 0.6 is 0 Å². The standard InChI is InChI=1S/C8H18N2O3/c1-3-4-6-13-8(11)10(9)5-7-12-2/h3-7,9H2,1-2H3. The van der Waals surface area contributed by atoms with Gasteiger partial charge in [0.05, 0.1) is 19.8 Å². The number of nitrogens with zero attached hydrogens (tertiary/aromatic N) is 1. The lowest BCUT2D eigenvalue weighted by molar-refractivity contribution is 0.0866. The number of nitrogens with two attached hydrogens (primary N) is 1. The maximum absolute atomic E-state index is 11.0. The van der Waals surface area contributed by atoms with Crippen LogP contribution in [0.2, 0.25) is 0 Å². The molecule has 78 valence electrons. The zero-order valence-corrected chi connectivity index (χ0v) is 8.28. The molecule has 5 heteroatoms. The number of hydrazine groups is 1. The van der Waals surface area contributed by atoms with Crippen LogP contribution in [0, 0.1) is 0 Å². The van der Waals surface area contributed by atoms with E-state index in [0.717, 1.165) is 17.9 Å². The molecule has 5 nitrogen and oxygen atoms in total. The van der Waals surface area contributed by atoms with E-state index < -0.39 is 6.09 Å². The topological polar surface area (TPSA) is 64.8 Å². The van der Waals surface area contributed by atoms with E-state index >= 15 is 0 Å². The minimum absolute atomic E-state index is 0.349. The van der Waals surface area contributed by atoms with Crippen molar-refractivity contribution in [2.24, 2.45) is 5.84 Å². The number of hydrogen-bond acceptors (Lipinski definition) is 4. The minimum atomic E-state index is -0.495. The van der Waals surface area contributed by atoms with Gasteiger partial charge in [0.1, 0.15) is 0 Å². The van der Waals surface area contributed by atoms with Crippen molar-refractivity contribution < 1.29 is 14.3 Å². The Morgan fingerprint density at radius 3 is 2.69 bits per heavy atom. The van der Waals surface area contributed by atoms with Crippen LogP contribution in [-0.4, -0.2) is 38.0 Å². The van der Waals surface area contributed by atoms with Crippen LogP contribution in [0.15, 0.2) is 0 Å². The molecule has 13 heavy (non-hydrogen) atoms. The van der Waals surface area contributed by atoms with Gasteiger partial charge in [-0.15, -0.1) is 0 Å². The first-order valence-corrected chi connectivity index (χ1v) is 4.40. The van der Waals surface area contributed by atoms with Crippen molar-refractivity contribution in [3.63, 3.8) is 0 Å². The Labute approximate surface area is 78.8 Å². The maximum atomic E-state index is 11.0. The average molecular weight is 190 g/mol. The van der Waals surface area contributed by atoms with Gasteiger partial charge in [-0.05, 0) is 6.42 Å². The molecule has 0 spiro atoms. The van der Waals surface area contributed by atoms with Gasteiger partial charge in [0.2, 0.25) is 0 Å². The molecule has 0 aliphatic rings. The molecule has 0 aliphatic carbocycles. The summed E-state index contributed by atoms with van der Waals surface area (Å²) in [6.45, 7) is 3.22. The average Bonchev–Trinajstić information content (AvgIpc) is 2.14. The van der Waals surface area contributed by atoms with Crippen LogP contribution in [0.25, 0.3) is 0 Å². The van der Waals surface area contributed by atoms with Gasteiger partial charge in [0, 0.05) is 7.11 Å². The predicted molar refractivity (Wildman–Crippen MR) is 49.0 cm³/mol. The maximum Gasteiger partial charge on any atom is 0.424 e. The van der Waals surface area contributed by atoms with Crippen LogP contribution < -0.4 is 5.84 Å². The van der Waals surface area contributed by atoms with E-state index in [1.807, 2.05) is 6.92 Å². The van der Waals surface area contributed by atoms with E-state index in [2.05, 4.69) is 0 Å². The van der Waals surface area contributed by atoms with Crippen molar-refractivity contribution in [2.75, 3.05) is 26.9 Å². The second-order valence-electron chi connectivity index (χ2n) is 2.65. The Hall–Kier alpha value is -0.810. The van der Waals surface area contributed by atoms with Gasteiger partial charge in [-0.1, -0.05) is 13.3 Å². The molecule has 0 heterocycles. The van der Waals surface area contributed by atoms with Crippen molar-refractivity contribution in [2.45, 2.75) is 19.8 Å². The van der Waals surface area contributed by atoms with Crippen LogP contribution in [0.5, 0.6) is 0 Å². The second-order valence-corrected chi connectivity index (χ2v) is 2.65. The minimum Gasteiger partial charge on any atom is -0.448 e. The number of amides is 1. The number of unbranched alkanes of at least 4 members (excludes halogenated alkanes) is 1. The van der Waals surface area contributed by atoms with E-state index in [0.29, 0.717) is 19.8 Å². The Morgan fingerprint density at radius 1 is 1.46 bits per heavy atom. The first-order valence-electron chi connectivity index (χ1n) is 4.40. The Kier molecular flexibility index (Phi) is 7.33. The van der Waals surface area contributed by atoms with E-state index in [-0.39, 0.29) is 0 Å². The summed E-state index contributed by atoms with van der Waals surface area (Å²) in [4.78, 5) is 11.0. The van der Waals surface area contributed by atoms with Gasteiger partial charge in [0.25, 0.3) is 0 Å². The molecule has 0 saturated carbocycles. The fourth-order valence-electron chi connectivity index (χ4n) is 0.668. The lowest BCUT2D eigenvalue weighted by Gasteiger charge is -2.15. The van der Waals surface area contributed by atoms with Crippen molar-refractivity contribution in [1.29, 1.82) is 0 Å². The summed E-state index contributed by atoms with van der Waals surface area (Å²) in [5.74, 6) is 5.36. The second kappa shape index (κ2) is 7.82. The molecular formula is C8H18N2O3. The predicted octanol–water partition coefficient (Wildman–Crippen LogP) is 0.745. The molecule has 0 saturated heterocycles. The molecule has 0 unspecified atom stereocenters. The largest absolute Gasteiger partial charge is 0.448 e. The number of carbonyl (C=O) groups is 1. The van der Waals surface area contributed by atoms with Crippen LogP contribution in [-0.2, 0) is 9.47 Å². The van der Waals surface area contributed by atoms with E-state index in [1.54, 1.807) is 7.11 Å². The summed E-state index contributed by atoms with van der Waals surface area (Å²) in [6.07, 6.45) is 1.37. The zero-order chi connectivity index (χ0) is 10.1. The lowest BCUT2D eigenvalue weighted by Crippen LogP contribution is -2.40. The van der Waals surface area contributed by atoms with Crippen LogP contribution in [0.3, 0.4) is 0 Å². The first kappa shape index (κ1) is 12.2. The molecular weight excluding hydrogens is 172 g/mol. The summed E-state index contributed by atoms with van der Waals surface area (Å²) in [5.41, 5.74) is 0. The number of ether oxygens (including phenoxy) is 2. The van der Waals surface area contributed by atoms with Crippen molar-refractivity contribution >= 4 is 6.09 Å². The fourth-order valence-corrected chi connectivity index (χ4v) is 0.668. The highest BCUT2D eigenvalue weighted by Crippen LogP contribution is 1.92. The zero-order valence-electron chi connectivity index (χ0n) is 8.28. The van der Waals surface area contributed by atoms with Crippen LogP contribution in [0.4, 0.5) is 4.79 Å². The molecule has 0 fully saturated rings. The van der Waals surface area contributed by atoms with Gasteiger partial charge in [-0.25, -0.2) is 15.6 Å². The van der Waals surface area contributed by atoms with Crippen molar-refractivity contribution in [1.82, 2.24) is 5.01 Å². The molecule has 0 radical (unpaired) electrons. The fraction of sp³-hybridized carbons (Fsp3) is 0.875. The van der Waals surface area contributed by atoms with Crippen LogP contribution in [0.1, 0.15) is 19.8 Å². The highest BCUT2D eigenvalue weighted by atomic mass is 16.6.